The molecule has 2 nitrogen and oxygen atoms in total. The van der Waals surface area contributed by atoms with E-state index in [2.05, 4.69) is 0 Å². The van der Waals surface area contributed by atoms with Crippen LogP contribution < -0.4 is 5.73 Å². The Labute approximate surface area is 80.2 Å². The zero-order valence-electron chi connectivity index (χ0n) is 6.82. The van der Waals surface area contributed by atoms with Crippen molar-refractivity contribution in [1.29, 1.82) is 0 Å². The van der Waals surface area contributed by atoms with Gasteiger partial charge < -0.3 is 5.73 Å². The van der Waals surface area contributed by atoms with Gasteiger partial charge in [-0.1, -0.05) is 13.0 Å². The fourth-order valence-corrected chi connectivity index (χ4v) is 2.99. The van der Waals surface area contributed by atoms with Gasteiger partial charge in [0.05, 0.1) is 4.21 Å². The second kappa shape index (κ2) is 4.52. The average molecular weight is 201 g/mol. The third kappa shape index (κ3) is 3.28. The van der Waals surface area contributed by atoms with E-state index in [1.807, 2.05) is 24.4 Å². The predicted molar refractivity (Wildman–Crippen MR) is 53.4 cm³/mol. The van der Waals surface area contributed by atoms with Crippen LogP contribution in [0.1, 0.15) is 13.3 Å². The predicted octanol–water partition coefficient (Wildman–Crippen LogP) is 2.10. The van der Waals surface area contributed by atoms with Crippen molar-refractivity contribution in [2.75, 3.05) is 0 Å². The Balaban J connectivity index is 2.36. The maximum Gasteiger partial charge on any atom is 0.218 e. The maximum absolute atomic E-state index is 10.6. The first-order valence-electron chi connectivity index (χ1n) is 3.67. The van der Waals surface area contributed by atoms with Crippen molar-refractivity contribution in [3.05, 3.63) is 17.5 Å². The molecule has 2 N–H and O–H groups in total. The van der Waals surface area contributed by atoms with Crippen LogP contribution in [0, 0.1) is 0 Å². The normalized spacial score (nSPS) is 12.8. The minimum absolute atomic E-state index is 0.230. The molecule has 0 spiro atoms. The SMILES string of the molecule is C[C@@H](CC(N)=O)Sc1cccs1. The number of thioether (sulfide) groups is 1. The molecule has 1 heterocycles. The highest BCUT2D eigenvalue weighted by Gasteiger charge is 2.07. The van der Waals surface area contributed by atoms with E-state index >= 15 is 0 Å². The summed E-state index contributed by atoms with van der Waals surface area (Å²) in [6.45, 7) is 2.01. The molecule has 1 aromatic heterocycles. The molecule has 0 aromatic carbocycles. The van der Waals surface area contributed by atoms with Crippen molar-refractivity contribution in [2.24, 2.45) is 5.73 Å². The highest BCUT2D eigenvalue weighted by Crippen LogP contribution is 2.28. The van der Waals surface area contributed by atoms with Crippen LogP contribution in [-0.2, 0) is 4.79 Å². The van der Waals surface area contributed by atoms with E-state index in [0.29, 0.717) is 6.42 Å². The number of hydrogen-bond donors (Lipinski definition) is 1. The number of amides is 1. The molecular weight excluding hydrogens is 190 g/mol. The minimum Gasteiger partial charge on any atom is -0.370 e. The first-order valence-corrected chi connectivity index (χ1v) is 5.43. The molecule has 1 amide bonds. The van der Waals surface area contributed by atoms with Crippen LogP contribution in [-0.4, -0.2) is 11.2 Å². The van der Waals surface area contributed by atoms with Gasteiger partial charge in [-0.3, -0.25) is 4.79 Å². The highest BCUT2D eigenvalue weighted by atomic mass is 32.2. The molecular formula is C8H11NOS2. The van der Waals surface area contributed by atoms with Crippen molar-refractivity contribution in [1.82, 2.24) is 0 Å². The average Bonchev–Trinajstić information content (AvgIpc) is 2.37. The van der Waals surface area contributed by atoms with Gasteiger partial charge in [0, 0.05) is 11.7 Å². The number of thiophene rings is 1. The second-order valence-corrected chi connectivity index (χ2v) is 5.22. The van der Waals surface area contributed by atoms with Gasteiger partial charge in [-0.25, -0.2) is 0 Å². The van der Waals surface area contributed by atoms with Crippen LogP contribution in [0.15, 0.2) is 21.7 Å². The first-order chi connectivity index (χ1) is 5.68. The van der Waals surface area contributed by atoms with Gasteiger partial charge >= 0.3 is 0 Å². The highest BCUT2D eigenvalue weighted by molar-refractivity contribution is 8.01. The Bertz CT molecular complexity index is 246. The zero-order chi connectivity index (χ0) is 8.97. The third-order valence-corrected chi connectivity index (χ3v) is 3.48. The monoisotopic (exact) mass is 201 g/mol. The largest absolute Gasteiger partial charge is 0.370 e. The Morgan fingerprint density at radius 3 is 3.08 bits per heavy atom. The molecule has 4 heteroatoms. The van der Waals surface area contributed by atoms with Crippen LogP contribution in [0.25, 0.3) is 0 Å². The molecule has 12 heavy (non-hydrogen) atoms. The number of hydrogen-bond acceptors (Lipinski definition) is 3. The third-order valence-electron chi connectivity index (χ3n) is 1.30. The summed E-state index contributed by atoms with van der Waals surface area (Å²) in [6, 6.07) is 4.05. The van der Waals surface area contributed by atoms with Crippen molar-refractivity contribution in [3.63, 3.8) is 0 Å². The number of carbonyl (C=O) groups excluding carboxylic acids is 1. The van der Waals surface area contributed by atoms with E-state index in [4.69, 9.17) is 5.73 Å². The summed E-state index contributed by atoms with van der Waals surface area (Å²) in [6.07, 6.45) is 0.447. The van der Waals surface area contributed by atoms with Crippen LogP contribution >= 0.6 is 23.1 Å². The number of rotatable bonds is 4. The number of primary amides is 1. The fourth-order valence-electron chi connectivity index (χ4n) is 0.854. The van der Waals surface area contributed by atoms with Crippen molar-refractivity contribution in [3.8, 4) is 0 Å². The lowest BCUT2D eigenvalue weighted by atomic mass is 10.3. The van der Waals surface area contributed by atoms with Gasteiger partial charge in [0.1, 0.15) is 0 Å². The van der Waals surface area contributed by atoms with E-state index in [1.165, 1.54) is 4.21 Å². The summed E-state index contributed by atoms with van der Waals surface area (Å²) in [5.41, 5.74) is 5.07. The van der Waals surface area contributed by atoms with Gasteiger partial charge in [-0.2, -0.15) is 0 Å². The van der Waals surface area contributed by atoms with E-state index in [9.17, 15) is 4.79 Å². The Kier molecular flexibility index (Phi) is 3.62. The van der Waals surface area contributed by atoms with Crippen molar-refractivity contribution >= 4 is 29.0 Å². The number of nitrogens with two attached hydrogens (primary N) is 1. The Hall–Kier alpha value is -0.480. The van der Waals surface area contributed by atoms with Gasteiger partial charge in [-0.15, -0.1) is 23.1 Å². The summed E-state index contributed by atoms with van der Waals surface area (Å²) >= 11 is 3.39. The van der Waals surface area contributed by atoms with Crippen LogP contribution in [0.4, 0.5) is 0 Å². The Morgan fingerprint density at radius 2 is 2.58 bits per heavy atom. The maximum atomic E-state index is 10.6. The molecule has 0 radical (unpaired) electrons. The fraction of sp³-hybridized carbons (Fsp3) is 0.375. The molecule has 0 saturated carbocycles. The van der Waals surface area contributed by atoms with Crippen LogP contribution in [0.3, 0.4) is 0 Å². The van der Waals surface area contributed by atoms with Crippen LogP contribution in [0.2, 0.25) is 0 Å². The lowest BCUT2D eigenvalue weighted by molar-refractivity contribution is -0.117. The molecule has 0 fully saturated rings. The molecule has 1 rings (SSSR count). The molecule has 0 unspecified atom stereocenters. The zero-order valence-corrected chi connectivity index (χ0v) is 8.45. The molecule has 0 aliphatic heterocycles. The molecule has 0 bridgehead atoms. The summed E-state index contributed by atoms with van der Waals surface area (Å²) in [7, 11) is 0. The molecule has 0 aliphatic carbocycles. The first kappa shape index (κ1) is 9.61. The summed E-state index contributed by atoms with van der Waals surface area (Å²) in [4.78, 5) is 10.6. The van der Waals surface area contributed by atoms with E-state index in [0.717, 1.165) is 0 Å². The number of carbonyl (C=O) groups is 1. The summed E-state index contributed by atoms with van der Waals surface area (Å²) < 4.78 is 1.24. The molecule has 0 aliphatic rings. The summed E-state index contributed by atoms with van der Waals surface area (Å²) in [5, 5.41) is 2.31. The lowest BCUT2D eigenvalue weighted by Gasteiger charge is -2.05. The van der Waals surface area contributed by atoms with Gasteiger partial charge in [0.15, 0.2) is 0 Å². The molecule has 1 aromatic rings. The minimum atomic E-state index is -0.230. The standard InChI is InChI=1S/C8H11NOS2/c1-6(5-7(9)10)12-8-3-2-4-11-8/h2-4,6H,5H2,1H3,(H2,9,10)/t6-/m0/s1. The van der Waals surface area contributed by atoms with Crippen LogP contribution in [0.5, 0.6) is 0 Å². The molecule has 66 valence electrons. The lowest BCUT2D eigenvalue weighted by Crippen LogP contribution is -2.15. The van der Waals surface area contributed by atoms with Gasteiger partial charge in [0.25, 0.3) is 0 Å². The van der Waals surface area contributed by atoms with E-state index in [-0.39, 0.29) is 11.2 Å². The van der Waals surface area contributed by atoms with E-state index < -0.39 is 0 Å². The molecule has 1 atom stereocenters. The topological polar surface area (TPSA) is 43.1 Å². The summed E-state index contributed by atoms with van der Waals surface area (Å²) in [5.74, 6) is -0.230. The quantitative estimate of drug-likeness (QED) is 0.758. The smallest absolute Gasteiger partial charge is 0.218 e. The Morgan fingerprint density at radius 1 is 1.83 bits per heavy atom. The second-order valence-electron chi connectivity index (χ2n) is 2.53. The van der Waals surface area contributed by atoms with E-state index in [1.54, 1.807) is 23.1 Å². The molecule has 0 saturated heterocycles. The van der Waals surface area contributed by atoms with Gasteiger partial charge in [0.2, 0.25) is 5.91 Å². The van der Waals surface area contributed by atoms with Gasteiger partial charge in [-0.05, 0) is 11.4 Å². The van der Waals surface area contributed by atoms with Crippen molar-refractivity contribution < 1.29 is 4.79 Å². The van der Waals surface area contributed by atoms with Crippen molar-refractivity contribution in [2.45, 2.75) is 22.8 Å².